The van der Waals surface area contributed by atoms with Gasteiger partial charge in [0.1, 0.15) is 12.4 Å². The molecule has 0 bridgehead atoms. The lowest BCUT2D eigenvalue weighted by atomic mass is 9.97. The maximum Gasteiger partial charge on any atom is 0.410 e. The van der Waals surface area contributed by atoms with E-state index in [-0.39, 0.29) is 36.4 Å². The van der Waals surface area contributed by atoms with E-state index in [0.717, 1.165) is 42.6 Å². The quantitative estimate of drug-likeness (QED) is 0.212. The predicted molar refractivity (Wildman–Crippen MR) is 182 cm³/mol. The number of carbonyl (C=O) groups is 2. The van der Waals surface area contributed by atoms with E-state index in [9.17, 15) is 9.59 Å². The van der Waals surface area contributed by atoms with Crippen LogP contribution < -0.4 is 11.1 Å². The molecule has 11 nitrogen and oxygen atoms in total. The van der Waals surface area contributed by atoms with Gasteiger partial charge < -0.3 is 20.7 Å². The molecular formula is C37H38N8O3. The van der Waals surface area contributed by atoms with Crippen molar-refractivity contribution in [2.24, 2.45) is 0 Å². The number of aryl methyl sites for hydroxylation is 2. The number of carbonyl (C=O) groups excluding carboxylic acids is 2. The van der Waals surface area contributed by atoms with Gasteiger partial charge in [0.2, 0.25) is 5.82 Å². The molecule has 1 unspecified atom stereocenters. The predicted octanol–water partition coefficient (Wildman–Crippen LogP) is 5.94. The van der Waals surface area contributed by atoms with E-state index in [1.54, 1.807) is 17.2 Å². The summed E-state index contributed by atoms with van der Waals surface area (Å²) in [5.74, 6) is 1.19. The van der Waals surface area contributed by atoms with E-state index in [1.807, 2.05) is 72.3 Å². The largest absolute Gasteiger partial charge is 0.445 e. The van der Waals surface area contributed by atoms with Crippen molar-refractivity contribution in [3.63, 3.8) is 0 Å². The van der Waals surface area contributed by atoms with Crippen LogP contribution in [0.25, 0.3) is 22.8 Å². The van der Waals surface area contributed by atoms with Crippen molar-refractivity contribution in [1.82, 2.24) is 34.9 Å². The first-order valence-corrected chi connectivity index (χ1v) is 16.5. The fourth-order valence-electron chi connectivity index (χ4n) is 6.62. The molecule has 1 fully saturated rings. The van der Waals surface area contributed by atoms with Gasteiger partial charge in [0.25, 0.3) is 5.91 Å². The van der Waals surface area contributed by atoms with E-state index in [4.69, 9.17) is 25.5 Å². The van der Waals surface area contributed by atoms with Crippen LogP contribution in [0.1, 0.15) is 71.0 Å². The number of rotatable bonds is 8. The fourth-order valence-corrected chi connectivity index (χ4v) is 6.62. The molecule has 7 rings (SSSR count). The standard InChI is InChI=1S/C37H38N8O3/c1-2-45-35(28-15-9-19-44(22-28)37(47)48-23-24-10-4-3-5-11-24)42-34(43-45)32-33(38)39-21-31(40-32)26-13-8-14-27(20-26)36(46)41-30-18-17-25-12-6-7-16-29(25)30/h3-8,10-14,16,20-21,28,30H,2,9,15,17-19,22-23H2,1H3,(H2,38,39)(H,41,46)/t28?,30-/m0/s1. The zero-order chi connectivity index (χ0) is 33.0. The number of amides is 2. The lowest BCUT2D eigenvalue weighted by molar-refractivity contribution is 0.0849. The van der Waals surface area contributed by atoms with Crippen LogP contribution in [0.15, 0.2) is 85.1 Å². The number of nitrogens with two attached hydrogens (primary N) is 1. The van der Waals surface area contributed by atoms with E-state index in [2.05, 4.69) is 22.4 Å². The van der Waals surface area contributed by atoms with Crippen LogP contribution in [-0.2, 0) is 24.3 Å². The highest BCUT2D eigenvalue weighted by Crippen LogP contribution is 2.32. The highest BCUT2D eigenvalue weighted by molar-refractivity contribution is 5.95. The Labute approximate surface area is 279 Å². The second kappa shape index (κ2) is 13.6. The highest BCUT2D eigenvalue weighted by atomic mass is 16.6. The van der Waals surface area contributed by atoms with Crippen LogP contribution in [0.5, 0.6) is 0 Å². The molecular weight excluding hydrogens is 604 g/mol. The minimum Gasteiger partial charge on any atom is -0.445 e. The zero-order valence-electron chi connectivity index (χ0n) is 26.9. The number of ether oxygens (including phenoxy) is 1. The number of nitrogens with zero attached hydrogens (tertiary/aromatic N) is 6. The Balaban J connectivity index is 1.08. The summed E-state index contributed by atoms with van der Waals surface area (Å²) in [5, 5.41) is 7.96. The van der Waals surface area contributed by atoms with Gasteiger partial charge in [-0.05, 0) is 61.4 Å². The summed E-state index contributed by atoms with van der Waals surface area (Å²) in [6.07, 6.45) is 4.79. The Morgan fingerprint density at radius 3 is 2.69 bits per heavy atom. The maximum absolute atomic E-state index is 13.3. The first kappa shape index (κ1) is 31.0. The van der Waals surface area contributed by atoms with Crippen LogP contribution in [0.2, 0.25) is 0 Å². The molecule has 1 aliphatic heterocycles. The SMILES string of the molecule is CCn1nc(-c2nc(-c3cccc(C(=O)N[C@H]4CCc5ccccc54)c3)cnc2N)nc1C1CCCN(C(=O)OCc2ccccc2)C1. The molecule has 0 spiro atoms. The van der Waals surface area contributed by atoms with Gasteiger partial charge in [-0.3, -0.25) is 4.79 Å². The lowest BCUT2D eigenvalue weighted by Crippen LogP contribution is -2.40. The molecule has 1 aliphatic carbocycles. The molecule has 48 heavy (non-hydrogen) atoms. The molecule has 2 atom stereocenters. The van der Waals surface area contributed by atoms with Crippen molar-refractivity contribution in [1.29, 1.82) is 0 Å². The van der Waals surface area contributed by atoms with Gasteiger partial charge in [-0.2, -0.15) is 0 Å². The Kier molecular flexibility index (Phi) is 8.82. The Morgan fingerprint density at radius 1 is 1.00 bits per heavy atom. The molecule has 1 saturated heterocycles. The third-order valence-electron chi connectivity index (χ3n) is 9.12. The molecule has 2 aliphatic rings. The van der Waals surface area contributed by atoms with Crippen molar-refractivity contribution >= 4 is 17.8 Å². The summed E-state index contributed by atoms with van der Waals surface area (Å²) < 4.78 is 7.45. The summed E-state index contributed by atoms with van der Waals surface area (Å²) in [5.41, 5.74) is 11.9. The third kappa shape index (κ3) is 6.48. The molecule has 0 radical (unpaired) electrons. The Morgan fingerprint density at radius 2 is 1.83 bits per heavy atom. The lowest BCUT2D eigenvalue weighted by Gasteiger charge is -2.31. The van der Waals surface area contributed by atoms with Crippen LogP contribution in [0, 0.1) is 0 Å². The van der Waals surface area contributed by atoms with Crippen molar-refractivity contribution in [2.75, 3.05) is 18.8 Å². The van der Waals surface area contributed by atoms with Gasteiger partial charge in [-0.25, -0.2) is 24.4 Å². The van der Waals surface area contributed by atoms with E-state index >= 15 is 0 Å². The van der Waals surface area contributed by atoms with Crippen LogP contribution in [0.3, 0.4) is 0 Å². The molecule has 0 saturated carbocycles. The van der Waals surface area contributed by atoms with Gasteiger partial charge in [0.15, 0.2) is 11.5 Å². The van der Waals surface area contributed by atoms with Gasteiger partial charge in [-0.15, -0.1) is 5.10 Å². The molecule has 2 amide bonds. The average Bonchev–Trinajstić information content (AvgIpc) is 3.76. The smallest absolute Gasteiger partial charge is 0.410 e. The second-order valence-corrected chi connectivity index (χ2v) is 12.3. The Bertz CT molecular complexity index is 1940. The number of aromatic nitrogens is 5. The number of likely N-dealkylation sites (tertiary alicyclic amines) is 1. The van der Waals surface area contributed by atoms with E-state index < -0.39 is 0 Å². The number of anilines is 1. The second-order valence-electron chi connectivity index (χ2n) is 12.3. The Hall–Kier alpha value is -5.58. The summed E-state index contributed by atoms with van der Waals surface area (Å²) in [4.78, 5) is 42.2. The summed E-state index contributed by atoms with van der Waals surface area (Å²) in [6.45, 7) is 3.93. The van der Waals surface area contributed by atoms with Crippen molar-refractivity contribution in [3.8, 4) is 22.8 Å². The normalized spacial score (nSPS) is 17.1. The summed E-state index contributed by atoms with van der Waals surface area (Å²) in [7, 11) is 0. The molecule has 3 aromatic carbocycles. The van der Waals surface area contributed by atoms with Crippen molar-refractivity contribution in [3.05, 3.63) is 113 Å². The third-order valence-corrected chi connectivity index (χ3v) is 9.12. The van der Waals surface area contributed by atoms with Crippen molar-refractivity contribution in [2.45, 2.75) is 57.7 Å². The zero-order valence-corrected chi connectivity index (χ0v) is 26.9. The monoisotopic (exact) mass is 642 g/mol. The highest BCUT2D eigenvalue weighted by Gasteiger charge is 2.30. The summed E-state index contributed by atoms with van der Waals surface area (Å²) in [6, 6.07) is 25.2. The first-order valence-electron chi connectivity index (χ1n) is 16.5. The minimum atomic E-state index is -0.335. The van der Waals surface area contributed by atoms with E-state index in [1.165, 1.54) is 11.1 Å². The van der Waals surface area contributed by atoms with Gasteiger partial charge in [0.05, 0.1) is 17.9 Å². The molecule has 3 heterocycles. The van der Waals surface area contributed by atoms with Crippen LogP contribution in [-0.4, -0.2) is 54.7 Å². The number of fused-ring (bicyclic) bond motifs is 1. The number of hydrogen-bond donors (Lipinski definition) is 2. The van der Waals surface area contributed by atoms with Crippen molar-refractivity contribution < 1.29 is 14.3 Å². The molecule has 2 aromatic heterocycles. The molecule has 11 heteroatoms. The summed E-state index contributed by atoms with van der Waals surface area (Å²) >= 11 is 0. The number of piperidine rings is 1. The van der Waals surface area contributed by atoms with Gasteiger partial charge in [-0.1, -0.05) is 66.7 Å². The number of nitrogen functional groups attached to an aromatic ring is 1. The number of hydrogen-bond acceptors (Lipinski definition) is 8. The van der Waals surface area contributed by atoms with Crippen LogP contribution >= 0.6 is 0 Å². The van der Waals surface area contributed by atoms with Crippen LogP contribution in [0.4, 0.5) is 10.6 Å². The maximum atomic E-state index is 13.3. The first-order chi connectivity index (χ1) is 23.5. The number of nitrogens with one attached hydrogen (secondary N) is 1. The average molecular weight is 643 g/mol. The minimum absolute atomic E-state index is 0.00889. The van der Waals surface area contributed by atoms with E-state index in [0.29, 0.717) is 42.4 Å². The molecule has 3 N–H and O–H groups in total. The van der Waals surface area contributed by atoms with Gasteiger partial charge >= 0.3 is 6.09 Å². The topological polar surface area (TPSA) is 141 Å². The fraction of sp³-hybridized carbons (Fsp3) is 0.297. The molecule has 5 aromatic rings. The molecule has 244 valence electrons. The van der Waals surface area contributed by atoms with Gasteiger partial charge in [0, 0.05) is 36.7 Å². The number of benzene rings is 3.